The van der Waals surface area contributed by atoms with E-state index in [4.69, 9.17) is 9.26 Å². The second-order valence-electron chi connectivity index (χ2n) is 4.82. The van der Waals surface area contributed by atoms with Crippen molar-refractivity contribution in [3.63, 3.8) is 0 Å². The number of benzene rings is 2. The molecule has 0 spiro atoms. The minimum Gasteiger partial charge on any atom is -0.497 e. The fraction of sp³-hybridized carbons (Fsp3) is 0.118. The quantitative estimate of drug-likeness (QED) is 0.795. The van der Waals surface area contributed by atoms with Crippen molar-refractivity contribution in [3.05, 3.63) is 59.7 Å². The van der Waals surface area contributed by atoms with Crippen molar-refractivity contribution in [2.45, 2.75) is 6.61 Å². The van der Waals surface area contributed by atoms with Crippen LogP contribution in [0.4, 0.5) is 8.78 Å². The summed E-state index contributed by atoms with van der Waals surface area (Å²) in [6, 6.07) is 10.4. The van der Waals surface area contributed by atoms with Crippen LogP contribution in [-0.2, 0) is 6.61 Å². The molecular weight excluding hydrogens is 304 g/mol. The molecule has 1 aromatic heterocycles. The van der Waals surface area contributed by atoms with E-state index in [0.717, 1.165) is 12.1 Å². The van der Waals surface area contributed by atoms with Gasteiger partial charge in [0.05, 0.1) is 24.8 Å². The molecule has 0 aliphatic carbocycles. The van der Waals surface area contributed by atoms with Gasteiger partial charge in [-0.1, -0.05) is 11.2 Å². The molecule has 0 atom stereocenters. The average Bonchev–Trinajstić information content (AvgIpc) is 2.98. The van der Waals surface area contributed by atoms with Crippen LogP contribution >= 0.6 is 0 Å². The van der Waals surface area contributed by atoms with E-state index in [-0.39, 0.29) is 16.9 Å². The van der Waals surface area contributed by atoms with Crippen LogP contribution < -0.4 is 4.74 Å². The standard InChI is InChI=1S/C17H13F2NO3/c1-22-11-7-5-10(6-8-11)16-12(9-21)17(23-20-16)15-13(18)3-2-4-14(15)19/h2-8,21H,9H2,1H3. The summed E-state index contributed by atoms with van der Waals surface area (Å²) in [6.07, 6.45) is 0. The Morgan fingerprint density at radius 2 is 1.74 bits per heavy atom. The van der Waals surface area contributed by atoms with Gasteiger partial charge in [0.1, 0.15) is 23.1 Å². The number of ether oxygens (including phenoxy) is 1. The fourth-order valence-electron chi connectivity index (χ4n) is 2.34. The lowest BCUT2D eigenvalue weighted by Crippen LogP contribution is -1.94. The molecule has 0 bridgehead atoms. The smallest absolute Gasteiger partial charge is 0.178 e. The van der Waals surface area contributed by atoms with Crippen molar-refractivity contribution in [3.8, 4) is 28.3 Å². The summed E-state index contributed by atoms with van der Waals surface area (Å²) in [6.45, 7) is -0.464. The molecule has 6 heteroatoms. The lowest BCUT2D eigenvalue weighted by molar-refractivity contribution is 0.281. The lowest BCUT2D eigenvalue weighted by Gasteiger charge is -2.04. The van der Waals surface area contributed by atoms with Crippen molar-refractivity contribution >= 4 is 0 Å². The Labute approximate surface area is 130 Å². The van der Waals surface area contributed by atoms with E-state index in [1.165, 1.54) is 6.07 Å². The van der Waals surface area contributed by atoms with Gasteiger partial charge in [-0.15, -0.1) is 0 Å². The Morgan fingerprint density at radius 1 is 1.09 bits per heavy atom. The third-order valence-corrected chi connectivity index (χ3v) is 3.50. The molecule has 0 aliphatic heterocycles. The van der Waals surface area contributed by atoms with Gasteiger partial charge in [0, 0.05) is 5.56 Å². The highest BCUT2D eigenvalue weighted by Gasteiger charge is 2.23. The Balaban J connectivity index is 2.13. The Kier molecular flexibility index (Phi) is 4.08. The molecule has 4 nitrogen and oxygen atoms in total. The number of rotatable bonds is 4. The molecule has 0 aliphatic rings. The first-order valence-corrected chi connectivity index (χ1v) is 6.84. The van der Waals surface area contributed by atoms with Crippen LogP contribution in [0.1, 0.15) is 5.56 Å². The summed E-state index contributed by atoms with van der Waals surface area (Å²) in [7, 11) is 1.54. The first-order valence-electron chi connectivity index (χ1n) is 6.84. The number of aliphatic hydroxyl groups is 1. The van der Waals surface area contributed by atoms with Crippen LogP contribution in [0.15, 0.2) is 47.0 Å². The highest BCUT2D eigenvalue weighted by Crippen LogP contribution is 2.35. The lowest BCUT2D eigenvalue weighted by atomic mass is 10.0. The summed E-state index contributed by atoms with van der Waals surface area (Å²) < 4.78 is 38.1. The van der Waals surface area contributed by atoms with E-state index >= 15 is 0 Å². The zero-order chi connectivity index (χ0) is 16.4. The summed E-state index contributed by atoms with van der Waals surface area (Å²) in [5, 5.41) is 13.5. The number of aromatic nitrogens is 1. The molecule has 1 N–H and O–H groups in total. The first kappa shape index (κ1) is 15.2. The molecule has 3 rings (SSSR count). The van der Waals surface area contributed by atoms with Gasteiger partial charge in [0.15, 0.2) is 5.76 Å². The number of aliphatic hydroxyl groups excluding tert-OH is 1. The first-order chi connectivity index (χ1) is 11.2. The monoisotopic (exact) mass is 317 g/mol. The molecule has 23 heavy (non-hydrogen) atoms. The van der Waals surface area contributed by atoms with E-state index in [1.54, 1.807) is 31.4 Å². The summed E-state index contributed by atoms with van der Waals surface area (Å²) in [5.74, 6) is -1.02. The topological polar surface area (TPSA) is 55.5 Å². The molecule has 118 valence electrons. The maximum Gasteiger partial charge on any atom is 0.178 e. The van der Waals surface area contributed by atoms with Crippen LogP contribution in [0, 0.1) is 11.6 Å². The van der Waals surface area contributed by atoms with Crippen molar-refractivity contribution in [1.29, 1.82) is 0 Å². The van der Waals surface area contributed by atoms with E-state index in [2.05, 4.69) is 5.16 Å². The predicted octanol–water partition coefficient (Wildman–Crippen LogP) is 3.79. The Morgan fingerprint density at radius 3 is 2.30 bits per heavy atom. The number of hydrogen-bond acceptors (Lipinski definition) is 4. The third-order valence-electron chi connectivity index (χ3n) is 3.50. The van der Waals surface area contributed by atoms with Crippen LogP contribution in [0.2, 0.25) is 0 Å². The molecule has 0 saturated heterocycles. The number of halogens is 2. The molecule has 0 saturated carbocycles. The van der Waals surface area contributed by atoms with Crippen LogP contribution in [0.25, 0.3) is 22.6 Å². The number of nitrogens with zero attached hydrogens (tertiary/aromatic N) is 1. The fourth-order valence-corrected chi connectivity index (χ4v) is 2.34. The molecule has 2 aromatic carbocycles. The van der Waals surface area contributed by atoms with Gasteiger partial charge in [-0.25, -0.2) is 8.78 Å². The van der Waals surface area contributed by atoms with E-state index in [1.807, 2.05) is 0 Å². The summed E-state index contributed by atoms with van der Waals surface area (Å²) in [4.78, 5) is 0. The van der Waals surface area contributed by atoms with Gasteiger partial charge in [-0.05, 0) is 36.4 Å². The molecule has 0 radical (unpaired) electrons. The van der Waals surface area contributed by atoms with Gasteiger partial charge < -0.3 is 14.4 Å². The van der Waals surface area contributed by atoms with Crippen molar-refractivity contribution in [2.24, 2.45) is 0 Å². The largest absolute Gasteiger partial charge is 0.497 e. The van der Waals surface area contributed by atoms with Crippen molar-refractivity contribution < 1.29 is 23.1 Å². The van der Waals surface area contributed by atoms with Gasteiger partial charge in [-0.3, -0.25) is 0 Å². The van der Waals surface area contributed by atoms with E-state index < -0.39 is 18.2 Å². The Bertz CT molecular complexity index is 808. The molecule has 1 heterocycles. The van der Waals surface area contributed by atoms with Crippen LogP contribution in [-0.4, -0.2) is 17.4 Å². The maximum atomic E-state index is 13.9. The molecular formula is C17H13F2NO3. The number of methoxy groups -OCH3 is 1. The maximum absolute atomic E-state index is 13.9. The minimum atomic E-state index is -0.780. The summed E-state index contributed by atoms with van der Waals surface area (Å²) >= 11 is 0. The third kappa shape index (κ3) is 2.68. The molecule has 3 aromatic rings. The second kappa shape index (κ2) is 6.18. The molecule has 0 amide bonds. The zero-order valence-electron chi connectivity index (χ0n) is 12.2. The average molecular weight is 317 g/mol. The summed E-state index contributed by atoms with van der Waals surface area (Å²) in [5.41, 5.74) is 0.845. The highest BCUT2D eigenvalue weighted by molar-refractivity contribution is 5.73. The normalized spacial score (nSPS) is 10.8. The predicted molar refractivity (Wildman–Crippen MR) is 79.8 cm³/mol. The van der Waals surface area contributed by atoms with Gasteiger partial charge in [0.25, 0.3) is 0 Å². The second-order valence-corrected chi connectivity index (χ2v) is 4.82. The highest BCUT2D eigenvalue weighted by atomic mass is 19.1. The minimum absolute atomic E-state index is 0.117. The van der Waals surface area contributed by atoms with Crippen LogP contribution in [0.5, 0.6) is 5.75 Å². The number of hydrogen-bond donors (Lipinski definition) is 1. The SMILES string of the molecule is COc1ccc(-c2noc(-c3c(F)cccc3F)c2CO)cc1. The Hall–Kier alpha value is -2.73. The molecule has 0 unspecified atom stereocenters. The van der Waals surface area contributed by atoms with Crippen LogP contribution in [0.3, 0.4) is 0 Å². The van der Waals surface area contributed by atoms with Gasteiger partial charge in [0.2, 0.25) is 0 Å². The van der Waals surface area contributed by atoms with E-state index in [0.29, 0.717) is 17.0 Å². The zero-order valence-corrected chi connectivity index (χ0v) is 12.2. The van der Waals surface area contributed by atoms with Crippen molar-refractivity contribution in [2.75, 3.05) is 7.11 Å². The van der Waals surface area contributed by atoms with Crippen molar-refractivity contribution in [1.82, 2.24) is 5.16 Å². The van der Waals surface area contributed by atoms with Gasteiger partial charge in [-0.2, -0.15) is 0 Å². The van der Waals surface area contributed by atoms with Gasteiger partial charge >= 0.3 is 0 Å². The molecule has 0 fully saturated rings. The van der Waals surface area contributed by atoms with E-state index in [9.17, 15) is 13.9 Å².